The predicted molar refractivity (Wildman–Crippen MR) is 105 cm³/mol. The maximum absolute atomic E-state index is 12.1. The molecule has 5 nitrogen and oxygen atoms in total. The first-order valence-corrected chi connectivity index (χ1v) is 8.92. The molecule has 0 fully saturated rings. The number of carbonyl (C=O) groups excluding carboxylic acids is 2. The van der Waals surface area contributed by atoms with Crippen molar-refractivity contribution < 1.29 is 14.7 Å². The van der Waals surface area contributed by atoms with Crippen molar-refractivity contribution in [3.8, 4) is 0 Å². The van der Waals surface area contributed by atoms with Gasteiger partial charge in [0.1, 0.15) is 5.76 Å². The summed E-state index contributed by atoms with van der Waals surface area (Å²) in [4.78, 5) is 28.4. The van der Waals surface area contributed by atoms with Crippen LogP contribution < -0.4 is 5.32 Å². The molecule has 7 heteroatoms. The molecule has 0 aliphatic carbocycles. The number of hydrogen-bond acceptors (Lipinski definition) is 5. The number of hydrogen-bond donors (Lipinski definition) is 2. The summed E-state index contributed by atoms with van der Waals surface area (Å²) in [5.74, 6) is -2.04. The van der Waals surface area contributed by atoms with Crippen LogP contribution in [0.1, 0.15) is 16.7 Å². The van der Waals surface area contributed by atoms with E-state index >= 15 is 0 Å². The Balaban J connectivity index is 1.75. The second kappa shape index (κ2) is 7.27. The molecule has 0 saturated heterocycles. The Labute approximate surface area is 159 Å². The van der Waals surface area contributed by atoms with Gasteiger partial charge < -0.3 is 5.11 Å². The molecule has 0 spiro atoms. The largest absolute Gasteiger partial charge is 0.507 e. The molecule has 132 valence electrons. The van der Waals surface area contributed by atoms with Gasteiger partial charge in [-0.3, -0.25) is 14.9 Å². The molecule has 0 saturated carbocycles. The van der Waals surface area contributed by atoms with Crippen molar-refractivity contribution in [2.45, 2.75) is 13.8 Å². The molecule has 0 unspecified atom stereocenters. The van der Waals surface area contributed by atoms with Crippen molar-refractivity contribution >= 4 is 55.7 Å². The molecule has 0 atom stereocenters. The van der Waals surface area contributed by atoms with E-state index in [-0.39, 0.29) is 5.76 Å². The number of nitrogens with zero attached hydrogens (tertiary/aromatic N) is 1. The summed E-state index contributed by atoms with van der Waals surface area (Å²) < 4.78 is 0.926. The number of aliphatic hydroxyl groups is 1. The van der Waals surface area contributed by atoms with Crippen LogP contribution in [-0.2, 0) is 9.59 Å². The summed E-state index contributed by atoms with van der Waals surface area (Å²) in [6, 6.07) is 10.2. The van der Waals surface area contributed by atoms with Crippen molar-refractivity contribution in [1.82, 2.24) is 4.98 Å². The lowest BCUT2D eigenvalue weighted by Crippen LogP contribution is -2.21. The van der Waals surface area contributed by atoms with Crippen LogP contribution in [0.25, 0.3) is 16.0 Å². The second-order valence-electron chi connectivity index (χ2n) is 5.78. The molecule has 3 rings (SSSR count). The average molecular weight is 387 g/mol. The zero-order chi connectivity index (χ0) is 18.8. The minimum atomic E-state index is -0.871. The summed E-state index contributed by atoms with van der Waals surface area (Å²) in [6.45, 7) is 3.99. The van der Waals surface area contributed by atoms with Crippen LogP contribution in [-0.4, -0.2) is 21.8 Å². The third-order valence-corrected chi connectivity index (χ3v) is 5.04. The minimum Gasteiger partial charge on any atom is -0.507 e. The van der Waals surface area contributed by atoms with Crippen molar-refractivity contribution in [2.75, 3.05) is 5.32 Å². The zero-order valence-corrected chi connectivity index (χ0v) is 15.6. The normalized spacial score (nSPS) is 11.6. The van der Waals surface area contributed by atoms with Crippen LogP contribution in [0.15, 0.2) is 42.5 Å². The Hall–Kier alpha value is -2.70. The van der Waals surface area contributed by atoms with Gasteiger partial charge in [0.15, 0.2) is 5.13 Å². The number of ketones is 1. The fraction of sp³-hybridized carbons (Fsp3) is 0.105. The van der Waals surface area contributed by atoms with Gasteiger partial charge in [0.05, 0.1) is 10.2 Å². The Morgan fingerprint density at radius 2 is 1.81 bits per heavy atom. The van der Waals surface area contributed by atoms with Crippen LogP contribution in [0.4, 0.5) is 5.13 Å². The van der Waals surface area contributed by atoms with Gasteiger partial charge in [-0.1, -0.05) is 22.9 Å². The van der Waals surface area contributed by atoms with E-state index in [0.717, 1.165) is 27.4 Å². The number of thiazole rings is 1. The Morgan fingerprint density at radius 1 is 1.15 bits per heavy atom. The maximum atomic E-state index is 12.1. The molecular formula is C19H15ClN2O3S. The molecule has 0 bridgehead atoms. The smallest absolute Gasteiger partial charge is 0.298 e. The number of aryl methyl sites for hydroxylation is 2. The number of aromatic nitrogens is 1. The molecule has 2 aromatic carbocycles. The van der Waals surface area contributed by atoms with Gasteiger partial charge in [-0.05, 0) is 61.4 Å². The van der Waals surface area contributed by atoms with Crippen LogP contribution in [0, 0.1) is 13.8 Å². The van der Waals surface area contributed by atoms with E-state index in [1.54, 1.807) is 24.3 Å². The van der Waals surface area contributed by atoms with E-state index in [1.807, 2.05) is 26.0 Å². The Kier molecular flexibility index (Phi) is 5.06. The molecule has 0 aliphatic rings. The summed E-state index contributed by atoms with van der Waals surface area (Å²) in [5.41, 5.74) is 3.39. The van der Waals surface area contributed by atoms with E-state index in [4.69, 9.17) is 11.6 Å². The predicted octanol–water partition coefficient (Wildman–Crippen LogP) is 4.67. The maximum Gasteiger partial charge on any atom is 0.298 e. The van der Waals surface area contributed by atoms with Crippen molar-refractivity contribution in [3.05, 3.63) is 64.2 Å². The van der Waals surface area contributed by atoms with E-state index < -0.39 is 11.7 Å². The summed E-state index contributed by atoms with van der Waals surface area (Å²) in [7, 11) is 0. The quantitative estimate of drug-likeness (QED) is 0.388. The Morgan fingerprint density at radius 3 is 2.50 bits per heavy atom. The number of nitrogens with one attached hydrogen (secondary N) is 1. The molecule has 0 aliphatic heterocycles. The molecule has 1 aromatic heterocycles. The summed E-state index contributed by atoms with van der Waals surface area (Å²) in [5, 5.41) is 13.3. The zero-order valence-electron chi connectivity index (χ0n) is 14.0. The highest BCUT2D eigenvalue weighted by molar-refractivity contribution is 7.22. The van der Waals surface area contributed by atoms with Crippen molar-refractivity contribution in [1.29, 1.82) is 0 Å². The van der Waals surface area contributed by atoms with Crippen molar-refractivity contribution in [3.63, 3.8) is 0 Å². The highest BCUT2D eigenvalue weighted by Gasteiger charge is 2.16. The number of halogens is 1. The first-order valence-electron chi connectivity index (χ1n) is 7.73. The second-order valence-corrected chi connectivity index (χ2v) is 7.25. The van der Waals surface area contributed by atoms with Gasteiger partial charge in [-0.15, -0.1) is 0 Å². The van der Waals surface area contributed by atoms with Crippen LogP contribution >= 0.6 is 22.9 Å². The van der Waals surface area contributed by atoms with Gasteiger partial charge in [0.2, 0.25) is 5.78 Å². The standard InChI is InChI=1S/C19H15ClN2O3S/c1-10-7-14-17(8-11(10)2)26-19(21-14)22-18(25)16(24)9-15(23)12-3-5-13(20)6-4-12/h3-9,23H,1-2H3,(H,21,22,25)/b15-9-. The first-order chi connectivity index (χ1) is 12.3. The number of benzene rings is 2. The average Bonchev–Trinajstić information content (AvgIpc) is 2.96. The lowest BCUT2D eigenvalue weighted by Gasteiger charge is -2.01. The lowest BCUT2D eigenvalue weighted by atomic mass is 10.1. The van der Waals surface area contributed by atoms with E-state index in [2.05, 4.69) is 10.3 Å². The molecule has 1 heterocycles. The number of carbonyl (C=O) groups is 2. The summed E-state index contributed by atoms with van der Waals surface area (Å²) >= 11 is 7.07. The van der Waals surface area contributed by atoms with Crippen LogP contribution in [0.3, 0.4) is 0 Å². The molecule has 2 N–H and O–H groups in total. The monoisotopic (exact) mass is 386 g/mol. The number of fused-ring (bicyclic) bond motifs is 1. The highest BCUT2D eigenvalue weighted by Crippen LogP contribution is 2.28. The van der Waals surface area contributed by atoms with Gasteiger partial charge in [0.25, 0.3) is 5.91 Å². The van der Waals surface area contributed by atoms with Gasteiger partial charge in [-0.25, -0.2) is 4.98 Å². The third-order valence-electron chi connectivity index (χ3n) is 3.86. The highest BCUT2D eigenvalue weighted by atomic mass is 35.5. The fourth-order valence-corrected chi connectivity index (χ4v) is 3.35. The molecule has 26 heavy (non-hydrogen) atoms. The SMILES string of the molecule is Cc1cc2nc(NC(=O)C(=O)/C=C(\O)c3ccc(Cl)cc3)sc2cc1C. The number of anilines is 1. The molecular weight excluding hydrogens is 372 g/mol. The third kappa shape index (κ3) is 3.92. The molecule has 1 amide bonds. The van der Waals surface area contributed by atoms with Gasteiger partial charge >= 0.3 is 0 Å². The Bertz CT molecular complexity index is 1000. The van der Waals surface area contributed by atoms with E-state index in [9.17, 15) is 14.7 Å². The fourth-order valence-electron chi connectivity index (χ4n) is 2.29. The summed E-state index contributed by atoms with van der Waals surface area (Å²) in [6.07, 6.45) is 0.875. The molecule has 3 aromatic rings. The van der Waals surface area contributed by atoms with Gasteiger partial charge in [0, 0.05) is 16.7 Å². The number of aliphatic hydroxyl groups excluding tert-OH is 1. The molecule has 0 radical (unpaired) electrons. The van der Waals surface area contributed by atoms with Gasteiger partial charge in [-0.2, -0.15) is 0 Å². The number of amides is 1. The van der Waals surface area contributed by atoms with Crippen molar-refractivity contribution in [2.24, 2.45) is 0 Å². The van der Waals surface area contributed by atoms with Crippen LogP contribution in [0.5, 0.6) is 0 Å². The topological polar surface area (TPSA) is 79.3 Å². The van der Waals surface area contributed by atoms with E-state index in [0.29, 0.717) is 15.7 Å². The lowest BCUT2D eigenvalue weighted by molar-refractivity contribution is -0.131. The van der Waals surface area contributed by atoms with Crippen LogP contribution in [0.2, 0.25) is 5.02 Å². The minimum absolute atomic E-state index is 0.308. The van der Waals surface area contributed by atoms with E-state index in [1.165, 1.54) is 11.3 Å². The number of rotatable bonds is 4. The first kappa shape index (κ1) is 18.1.